The van der Waals surface area contributed by atoms with Crippen LogP contribution in [-0.2, 0) is 6.54 Å². The first-order valence-electron chi connectivity index (χ1n) is 8.91. The highest BCUT2D eigenvalue weighted by Gasteiger charge is 2.34. The van der Waals surface area contributed by atoms with E-state index in [1.807, 2.05) is 20.8 Å². The number of nitrogens with zero attached hydrogens (tertiary/aromatic N) is 3. The van der Waals surface area contributed by atoms with Crippen LogP contribution in [0.15, 0.2) is 29.3 Å². The summed E-state index contributed by atoms with van der Waals surface area (Å²) in [6.07, 6.45) is 0. The molecule has 0 saturated carbocycles. The van der Waals surface area contributed by atoms with E-state index in [1.54, 1.807) is 35.6 Å². The summed E-state index contributed by atoms with van der Waals surface area (Å²) in [5.74, 6) is 0.171. The van der Waals surface area contributed by atoms with E-state index in [9.17, 15) is 9.59 Å². The lowest BCUT2D eigenvalue weighted by Crippen LogP contribution is -2.43. The zero-order valence-electron chi connectivity index (χ0n) is 15.7. The molecule has 2 amide bonds. The minimum atomic E-state index is -0.241. The van der Waals surface area contributed by atoms with Gasteiger partial charge in [-0.15, -0.1) is 11.3 Å². The molecule has 7 nitrogen and oxygen atoms in total. The maximum atomic E-state index is 12.4. The summed E-state index contributed by atoms with van der Waals surface area (Å²) in [4.78, 5) is 36.2. The van der Waals surface area contributed by atoms with Crippen LogP contribution < -0.4 is 10.6 Å². The summed E-state index contributed by atoms with van der Waals surface area (Å²) < 4.78 is 0. The Morgan fingerprint density at radius 3 is 2.37 bits per heavy atom. The number of imide groups is 1. The number of fused-ring (bicyclic) bond motifs is 1. The number of hydrogen-bond acceptors (Lipinski definition) is 5. The van der Waals surface area contributed by atoms with E-state index in [1.165, 1.54) is 4.90 Å². The first kappa shape index (κ1) is 19.0. The van der Waals surface area contributed by atoms with Gasteiger partial charge in [-0.25, -0.2) is 9.98 Å². The fraction of sp³-hybridized carbons (Fsp3) is 0.368. The molecule has 2 heterocycles. The van der Waals surface area contributed by atoms with Gasteiger partial charge < -0.3 is 10.6 Å². The average molecular weight is 385 g/mol. The molecular formula is C19H23N5O2S. The second-order valence-electron chi connectivity index (χ2n) is 6.17. The summed E-state index contributed by atoms with van der Waals surface area (Å²) in [5, 5.41) is 7.40. The zero-order chi connectivity index (χ0) is 19.4. The molecule has 142 valence electrons. The van der Waals surface area contributed by atoms with Crippen LogP contribution in [0.3, 0.4) is 0 Å². The second-order valence-corrected chi connectivity index (χ2v) is 7.46. The van der Waals surface area contributed by atoms with Crippen molar-refractivity contribution >= 4 is 29.1 Å². The standard InChI is InChI=1S/C19H23N5O2S/c1-4-20-19(22-11-16-12(2)23-13(3)27-16)21-9-10-24-17(25)14-7-5-6-8-15(14)18(24)26/h5-8H,4,9-11H2,1-3H3,(H2,20,21,22). The van der Waals surface area contributed by atoms with Crippen molar-refractivity contribution in [3.8, 4) is 0 Å². The third kappa shape index (κ3) is 4.16. The van der Waals surface area contributed by atoms with Crippen LogP contribution in [0.1, 0.15) is 43.2 Å². The summed E-state index contributed by atoms with van der Waals surface area (Å²) in [7, 11) is 0. The highest BCUT2D eigenvalue weighted by Crippen LogP contribution is 2.21. The Hall–Kier alpha value is -2.74. The van der Waals surface area contributed by atoms with Crippen LogP contribution in [0, 0.1) is 13.8 Å². The van der Waals surface area contributed by atoms with Gasteiger partial charge in [0.05, 0.1) is 28.4 Å². The van der Waals surface area contributed by atoms with E-state index >= 15 is 0 Å². The topological polar surface area (TPSA) is 86.7 Å². The number of aryl methyl sites for hydroxylation is 2. The molecule has 2 aromatic rings. The number of aromatic nitrogens is 1. The van der Waals surface area contributed by atoms with E-state index < -0.39 is 0 Å². The van der Waals surface area contributed by atoms with Gasteiger partial charge in [0.1, 0.15) is 0 Å². The Morgan fingerprint density at radius 1 is 1.15 bits per heavy atom. The monoisotopic (exact) mass is 385 g/mol. The predicted octanol–water partition coefficient (Wildman–Crippen LogP) is 2.11. The fourth-order valence-electron chi connectivity index (χ4n) is 2.94. The summed E-state index contributed by atoms with van der Waals surface area (Å²) >= 11 is 1.64. The third-order valence-corrected chi connectivity index (χ3v) is 5.29. The van der Waals surface area contributed by atoms with E-state index in [0.29, 0.717) is 30.2 Å². The zero-order valence-corrected chi connectivity index (χ0v) is 16.5. The Bertz CT molecular complexity index is 855. The number of aliphatic imine (C=N–C) groups is 1. The van der Waals surface area contributed by atoms with Gasteiger partial charge >= 0.3 is 0 Å². The minimum Gasteiger partial charge on any atom is -0.357 e. The van der Waals surface area contributed by atoms with Crippen LogP contribution in [-0.4, -0.2) is 47.3 Å². The molecule has 8 heteroatoms. The minimum absolute atomic E-state index is 0.241. The van der Waals surface area contributed by atoms with Crippen molar-refractivity contribution in [1.82, 2.24) is 20.5 Å². The van der Waals surface area contributed by atoms with Crippen molar-refractivity contribution in [2.24, 2.45) is 4.99 Å². The SMILES string of the molecule is CCNC(=NCc1sc(C)nc1C)NCCN1C(=O)c2ccccc2C1=O. The number of carbonyl (C=O) groups excluding carboxylic acids is 2. The molecule has 0 spiro atoms. The largest absolute Gasteiger partial charge is 0.357 e. The molecule has 0 bridgehead atoms. The van der Waals surface area contributed by atoms with Crippen molar-refractivity contribution < 1.29 is 9.59 Å². The first-order valence-corrected chi connectivity index (χ1v) is 9.73. The molecule has 0 atom stereocenters. The quantitative estimate of drug-likeness (QED) is 0.452. The summed E-state index contributed by atoms with van der Waals surface area (Å²) in [6.45, 7) is 7.93. The number of thiazole rings is 1. The smallest absolute Gasteiger partial charge is 0.261 e. The van der Waals surface area contributed by atoms with Gasteiger partial charge in [-0.3, -0.25) is 14.5 Å². The average Bonchev–Trinajstić information content (AvgIpc) is 3.10. The van der Waals surface area contributed by atoms with Gasteiger partial charge in [-0.2, -0.15) is 0 Å². The fourth-order valence-corrected chi connectivity index (χ4v) is 3.80. The number of benzene rings is 1. The molecule has 0 aliphatic carbocycles. The second kappa shape index (κ2) is 8.30. The predicted molar refractivity (Wildman–Crippen MR) is 106 cm³/mol. The van der Waals surface area contributed by atoms with Gasteiger partial charge in [-0.05, 0) is 32.9 Å². The molecule has 0 radical (unpaired) electrons. The van der Waals surface area contributed by atoms with Gasteiger partial charge in [0, 0.05) is 24.5 Å². The number of rotatable bonds is 6. The van der Waals surface area contributed by atoms with Crippen LogP contribution in [0.5, 0.6) is 0 Å². The Labute approximate surface area is 162 Å². The molecular weight excluding hydrogens is 362 g/mol. The molecule has 1 aromatic carbocycles. The van der Waals surface area contributed by atoms with Crippen LogP contribution >= 0.6 is 11.3 Å². The highest BCUT2D eigenvalue weighted by atomic mass is 32.1. The van der Waals surface area contributed by atoms with E-state index in [0.717, 1.165) is 22.1 Å². The lowest BCUT2D eigenvalue weighted by Gasteiger charge is -2.16. The van der Waals surface area contributed by atoms with Gasteiger partial charge in [-0.1, -0.05) is 12.1 Å². The number of amides is 2. The lowest BCUT2D eigenvalue weighted by molar-refractivity contribution is 0.0657. The molecule has 0 unspecified atom stereocenters. The molecule has 0 fully saturated rings. The maximum Gasteiger partial charge on any atom is 0.261 e. The van der Waals surface area contributed by atoms with Gasteiger partial charge in [0.2, 0.25) is 0 Å². The maximum absolute atomic E-state index is 12.4. The lowest BCUT2D eigenvalue weighted by atomic mass is 10.1. The number of hydrogen-bond donors (Lipinski definition) is 2. The normalized spacial score (nSPS) is 13.9. The Kier molecular flexibility index (Phi) is 5.85. The van der Waals surface area contributed by atoms with Gasteiger partial charge in [0.25, 0.3) is 11.8 Å². The first-order chi connectivity index (χ1) is 13.0. The molecule has 0 saturated heterocycles. The van der Waals surface area contributed by atoms with Crippen molar-refractivity contribution in [2.75, 3.05) is 19.6 Å². The molecule has 1 aromatic heterocycles. The van der Waals surface area contributed by atoms with Crippen LogP contribution in [0.2, 0.25) is 0 Å². The Balaban J connectivity index is 1.59. The highest BCUT2D eigenvalue weighted by molar-refractivity contribution is 7.11. The molecule has 2 N–H and O–H groups in total. The van der Waals surface area contributed by atoms with E-state index in [-0.39, 0.29) is 18.4 Å². The molecule has 3 rings (SSSR count). The number of carbonyl (C=O) groups is 2. The number of guanidine groups is 1. The van der Waals surface area contributed by atoms with Crippen LogP contribution in [0.4, 0.5) is 0 Å². The van der Waals surface area contributed by atoms with Crippen LogP contribution in [0.25, 0.3) is 0 Å². The van der Waals surface area contributed by atoms with Crippen molar-refractivity contribution in [1.29, 1.82) is 0 Å². The van der Waals surface area contributed by atoms with E-state index in [4.69, 9.17) is 0 Å². The number of nitrogens with one attached hydrogen (secondary N) is 2. The van der Waals surface area contributed by atoms with Gasteiger partial charge in [0.15, 0.2) is 5.96 Å². The molecule has 1 aliphatic heterocycles. The Morgan fingerprint density at radius 2 is 1.81 bits per heavy atom. The van der Waals surface area contributed by atoms with Crippen molar-refractivity contribution in [3.63, 3.8) is 0 Å². The summed E-state index contributed by atoms with van der Waals surface area (Å²) in [6, 6.07) is 6.91. The third-order valence-electron chi connectivity index (χ3n) is 4.23. The van der Waals surface area contributed by atoms with Crippen molar-refractivity contribution in [3.05, 3.63) is 51.0 Å². The van der Waals surface area contributed by atoms with Crippen molar-refractivity contribution in [2.45, 2.75) is 27.3 Å². The molecule has 27 heavy (non-hydrogen) atoms. The molecule has 1 aliphatic rings. The summed E-state index contributed by atoms with van der Waals surface area (Å²) in [5.41, 5.74) is 1.95. The van der Waals surface area contributed by atoms with E-state index in [2.05, 4.69) is 20.6 Å².